The predicted molar refractivity (Wildman–Crippen MR) is 74.9 cm³/mol. The van der Waals surface area contributed by atoms with Crippen LogP contribution in [0, 0.1) is 5.92 Å². The molecule has 0 aromatic carbocycles. The van der Waals surface area contributed by atoms with Crippen molar-refractivity contribution < 1.29 is 4.74 Å². The molecule has 0 aliphatic carbocycles. The van der Waals surface area contributed by atoms with Gasteiger partial charge in [-0.25, -0.2) is 0 Å². The number of hydrogen-bond donors (Lipinski definition) is 1. The molecule has 4 heteroatoms. The Morgan fingerprint density at radius 3 is 2.72 bits per heavy atom. The zero-order chi connectivity index (χ0) is 13.0. The molecule has 4 nitrogen and oxygen atoms in total. The van der Waals surface area contributed by atoms with E-state index in [-0.39, 0.29) is 0 Å². The summed E-state index contributed by atoms with van der Waals surface area (Å²) >= 11 is 0. The topological polar surface area (TPSA) is 27.7 Å². The molecule has 0 spiro atoms. The zero-order valence-corrected chi connectivity index (χ0v) is 12.2. The first kappa shape index (κ1) is 14.3. The minimum absolute atomic E-state index is 0.564. The Morgan fingerprint density at radius 2 is 2.06 bits per heavy atom. The quantitative estimate of drug-likeness (QED) is 0.780. The van der Waals surface area contributed by atoms with Gasteiger partial charge in [0, 0.05) is 44.2 Å². The maximum Gasteiger partial charge on any atom is 0.0623 e. The first-order valence-corrected chi connectivity index (χ1v) is 7.52. The van der Waals surface area contributed by atoms with Crippen molar-refractivity contribution in [3.8, 4) is 0 Å². The molecule has 2 fully saturated rings. The molecule has 2 aliphatic heterocycles. The molecule has 0 saturated carbocycles. The van der Waals surface area contributed by atoms with Crippen LogP contribution in [0.25, 0.3) is 0 Å². The Balaban J connectivity index is 1.79. The van der Waals surface area contributed by atoms with E-state index in [0.29, 0.717) is 18.0 Å². The maximum absolute atomic E-state index is 5.63. The van der Waals surface area contributed by atoms with Crippen LogP contribution in [0.4, 0.5) is 0 Å². The summed E-state index contributed by atoms with van der Waals surface area (Å²) in [7, 11) is 0. The molecule has 0 aromatic heterocycles. The van der Waals surface area contributed by atoms with Crippen LogP contribution < -0.4 is 5.32 Å². The summed E-state index contributed by atoms with van der Waals surface area (Å²) in [5.74, 6) is 0.672. The van der Waals surface area contributed by atoms with Crippen molar-refractivity contribution in [1.29, 1.82) is 0 Å². The molecule has 0 radical (unpaired) electrons. The van der Waals surface area contributed by atoms with E-state index in [1.54, 1.807) is 0 Å². The summed E-state index contributed by atoms with van der Waals surface area (Å²) in [6.07, 6.45) is 0. The molecule has 2 heterocycles. The Hall–Kier alpha value is -0.160. The van der Waals surface area contributed by atoms with E-state index < -0.39 is 0 Å². The van der Waals surface area contributed by atoms with Gasteiger partial charge in [0.2, 0.25) is 0 Å². The second-order valence-electron chi connectivity index (χ2n) is 5.70. The van der Waals surface area contributed by atoms with Gasteiger partial charge in [-0.05, 0) is 20.0 Å². The second-order valence-corrected chi connectivity index (χ2v) is 5.70. The van der Waals surface area contributed by atoms with Crippen LogP contribution in [0.15, 0.2) is 0 Å². The van der Waals surface area contributed by atoms with Crippen molar-refractivity contribution in [3.63, 3.8) is 0 Å². The lowest BCUT2D eigenvalue weighted by Crippen LogP contribution is -2.53. The highest BCUT2D eigenvalue weighted by Gasteiger charge is 2.31. The van der Waals surface area contributed by atoms with E-state index in [4.69, 9.17) is 4.74 Å². The van der Waals surface area contributed by atoms with Gasteiger partial charge < -0.3 is 15.0 Å². The van der Waals surface area contributed by atoms with Gasteiger partial charge >= 0.3 is 0 Å². The van der Waals surface area contributed by atoms with Crippen molar-refractivity contribution in [1.82, 2.24) is 15.1 Å². The van der Waals surface area contributed by atoms with E-state index in [9.17, 15) is 0 Å². The molecule has 3 unspecified atom stereocenters. The van der Waals surface area contributed by atoms with Crippen LogP contribution in [-0.4, -0.2) is 74.4 Å². The van der Waals surface area contributed by atoms with Crippen molar-refractivity contribution in [3.05, 3.63) is 0 Å². The smallest absolute Gasteiger partial charge is 0.0623 e. The van der Waals surface area contributed by atoms with Crippen molar-refractivity contribution in [2.45, 2.75) is 32.9 Å². The van der Waals surface area contributed by atoms with Gasteiger partial charge in [-0.2, -0.15) is 0 Å². The second kappa shape index (κ2) is 6.85. The third kappa shape index (κ3) is 3.44. The molecule has 2 saturated heterocycles. The standard InChI is InChI=1S/C14H29N3O/c1-4-15-14-11-18-10-13(14)9-16-6-7-17(5-2)12(3)8-16/h12-15H,4-11H2,1-3H3. The molecular formula is C14H29N3O. The zero-order valence-electron chi connectivity index (χ0n) is 12.2. The summed E-state index contributed by atoms with van der Waals surface area (Å²) in [5, 5.41) is 3.55. The van der Waals surface area contributed by atoms with Crippen LogP contribution in [0.1, 0.15) is 20.8 Å². The molecule has 106 valence electrons. The minimum atomic E-state index is 0.564. The minimum Gasteiger partial charge on any atom is -0.379 e. The van der Waals surface area contributed by atoms with E-state index in [1.807, 2.05) is 0 Å². The summed E-state index contributed by atoms with van der Waals surface area (Å²) in [6.45, 7) is 15.7. The van der Waals surface area contributed by atoms with Crippen molar-refractivity contribution in [2.24, 2.45) is 5.92 Å². The van der Waals surface area contributed by atoms with Gasteiger partial charge in [-0.15, -0.1) is 0 Å². The summed E-state index contributed by atoms with van der Waals surface area (Å²) in [6, 6.07) is 1.26. The summed E-state index contributed by atoms with van der Waals surface area (Å²) < 4.78 is 5.63. The fourth-order valence-corrected chi connectivity index (χ4v) is 3.30. The van der Waals surface area contributed by atoms with Gasteiger partial charge in [0.05, 0.1) is 13.2 Å². The third-order valence-corrected chi connectivity index (χ3v) is 4.41. The molecule has 0 aromatic rings. The SMILES string of the molecule is CCNC1COCC1CN1CCN(CC)C(C)C1. The van der Waals surface area contributed by atoms with Gasteiger partial charge in [0.15, 0.2) is 0 Å². The van der Waals surface area contributed by atoms with E-state index in [1.165, 1.54) is 32.7 Å². The Bertz CT molecular complexity index is 249. The van der Waals surface area contributed by atoms with E-state index >= 15 is 0 Å². The predicted octanol–water partition coefficient (Wildman–Crippen LogP) is 0.637. The molecule has 18 heavy (non-hydrogen) atoms. The third-order valence-electron chi connectivity index (χ3n) is 4.41. The molecule has 3 atom stereocenters. The summed E-state index contributed by atoms with van der Waals surface area (Å²) in [5.41, 5.74) is 0. The largest absolute Gasteiger partial charge is 0.379 e. The van der Waals surface area contributed by atoms with Crippen molar-refractivity contribution >= 4 is 0 Å². The highest BCUT2D eigenvalue weighted by atomic mass is 16.5. The van der Waals surface area contributed by atoms with Gasteiger partial charge in [-0.3, -0.25) is 4.90 Å². The average molecular weight is 255 g/mol. The van der Waals surface area contributed by atoms with Crippen LogP contribution in [0.3, 0.4) is 0 Å². The lowest BCUT2D eigenvalue weighted by molar-refractivity contribution is 0.0726. The van der Waals surface area contributed by atoms with E-state index in [0.717, 1.165) is 19.8 Å². The molecule has 2 rings (SSSR count). The van der Waals surface area contributed by atoms with Gasteiger partial charge in [0.1, 0.15) is 0 Å². The molecule has 0 amide bonds. The average Bonchev–Trinajstić information content (AvgIpc) is 2.78. The number of ether oxygens (including phenoxy) is 1. The monoisotopic (exact) mass is 255 g/mol. The van der Waals surface area contributed by atoms with Crippen LogP contribution in [-0.2, 0) is 4.74 Å². The van der Waals surface area contributed by atoms with Crippen LogP contribution in [0.5, 0.6) is 0 Å². The molecule has 1 N–H and O–H groups in total. The Morgan fingerprint density at radius 1 is 1.22 bits per heavy atom. The first-order valence-electron chi connectivity index (χ1n) is 7.52. The van der Waals surface area contributed by atoms with E-state index in [2.05, 4.69) is 35.9 Å². The van der Waals surface area contributed by atoms with Crippen LogP contribution in [0.2, 0.25) is 0 Å². The number of rotatable bonds is 5. The number of hydrogen-bond acceptors (Lipinski definition) is 4. The summed E-state index contributed by atoms with van der Waals surface area (Å²) in [4.78, 5) is 5.20. The fraction of sp³-hybridized carbons (Fsp3) is 1.00. The lowest BCUT2D eigenvalue weighted by Gasteiger charge is -2.40. The number of likely N-dealkylation sites (N-methyl/N-ethyl adjacent to an activating group) is 2. The van der Waals surface area contributed by atoms with Crippen molar-refractivity contribution in [2.75, 3.05) is 52.5 Å². The molecule has 0 bridgehead atoms. The Labute approximate surface area is 112 Å². The normalized spacial score (nSPS) is 35.2. The number of nitrogens with zero attached hydrogens (tertiary/aromatic N) is 2. The fourth-order valence-electron chi connectivity index (χ4n) is 3.30. The molecule has 2 aliphatic rings. The number of nitrogens with one attached hydrogen (secondary N) is 1. The molecular weight excluding hydrogens is 226 g/mol. The highest BCUT2D eigenvalue weighted by Crippen LogP contribution is 2.17. The first-order chi connectivity index (χ1) is 8.74. The Kier molecular flexibility index (Phi) is 5.42. The lowest BCUT2D eigenvalue weighted by atomic mass is 10.0. The maximum atomic E-state index is 5.63. The van der Waals surface area contributed by atoms with Crippen LogP contribution >= 0.6 is 0 Å². The number of piperazine rings is 1. The highest BCUT2D eigenvalue weighted by molar-refractivity contribution is 4.86. The van der Waals surface area contributed by atoms with Gasteiger partial charge in [-0.1, -0.05) is 13.8 Å². The van der Waals surface area contributed by atoms with Gasteiger partial charge in [0.25, 0.3) is 0 Å².